The molecular formula is C18H22N4O3. The van der Waals surface area contributed by atoms with Crippen LogP contribution in [0.4, 0.5) is 0 Å². The average Bonchev–Trinajstić information content (AvgIpc) is 2.62. The first kappa shape index (κ1) is 18.4. The third-order valence-electron chi connectivity index (χ3n) is 3.56. The summed E-state index contributed by atoms with van der Waals surface area (Å²) in [5, 5.41) is 9.40. The molecule has 0 aliphatic heterocycles. The highest BCUT2D eigenvalue weighted by Gasteiger charge is 2.17. The number of rotatable bonds is 7. The van der Waals surface area contributed by atoms with Crippen LogP contribution in [0.25, 0.3) is 0 Å². The Morgan fingerprint density at radius 1 is 1.16 bits per heavy atom. The van der Waals surface area contributed by atoms with E-state index in [1.165, 1.54) is 16.8 Å². The largest absolute Gasteiger partial charge is 0.354 e. The number of hydrogen-bond acceptors (Lipinski definition) is 4. The SMILES string of the molecule is CCCNC(=O)C(C)NC(=O)c1ccc(=O)n(Cc2ccccc2)n1. The van der Waals surface area contributed by atoms with E-state index in [4.69, 9.17) is 0 Å². The van der Waals surface area contributed by atoms with Gasteiger partial charge in [0.1, 0.15) is 11.7 Å². The van der Waals surface area contributed by atoms with Crippen LogP contribution in [0.1, 0.15) is 36.3 Å². The van der Waals surface area contributed by atoms with Crippen LogP contribution in [0.2, 0.25) is 0 Å². The zero-order valence-corrected chi connectivity index (χ0v) is 14.4. The predicted octanol–water partition coefficient (Wildman–Crippen LogP) is 0.936. The summed E-state index contributed by atoms with van der Waals surface area (Å²) in [7, 11) is 0. The molecule has 1 atom stereocenters. The summed E-state index contributed by atoms with van der Waals surface area (Å²) in [6.07, 6.45) is 0.818. The Bertz CT molecular complexity index is 786. The van der Waals surface area contributed by atoms with E-state index in [1.54, 1.807) is 6.92 Å². The molecular weight excluding hydrogens is 320 g/mol. The van der Waals surface area contributed by atoms with Crippen molar-refractivity contribution in [3.63, 3.8) is 0 Å². The van der Waals surface area contributed by atoms with Crippen molar-refractivity contribution in [2.45, 2.75) is 32.9 Å². The second-order valence-corrected chi connectivity index (χ2v) is 5.69. The number of amides is 2. The monoisotopic (exact) mass is 342 g/mol. The minimum absolute atomic E-state index is 0.0886. The standard InChI is InChI=1S/C18H22N4O3/c1-3-11-19-17(24)13(2)20-18(25)15-9-10-16(23)22(21-15)12-14-7-5-4-6-8-14/h4-10,13H,3,11-12H2,1-2H3,(H,19,24)(H,20,25). The van der Waals surface area contributed by atoms with Crippen molar-refractivity contribution in [2.24, 2.45) is 0 Å². The van der Waals surface area contributed by atoms with Gasteiger partial charge < -0.3 is 10.6 Å². The van der Waals surface area contributed by atoms with Crippen molar-refractivity contribution in [1.82, 2.24) is 20.4 Å². The van der Waals surface area contributed by atoms with Crippen LogP contribution >= 0.6 is 0 Å². The maximum atomic E-state index is 12.3. The lowest BCUT2D eigenvalue weighted by atomic mass is 10.2. The number of hydrogen-bond donors (Lipinski definition) is 2. The summed E-state index contributed by atoms with van der Waals surface area (Å²) in [6, 6.07) is 11.3. The van der Waals surface area contributed by atoms with Crippen molar-refractivity contribution < 1.29 is 9.59 Å². The van der Waals surface area contributed by atoms with Crippen LogP contribution < -0.4 is 16.2 Å². The zero-order chi connectivity index (χ0) is 18.2. The van der Waals surface area contributed by atoms with E-state index >= 15 is 0 Å². The molecule has 2 amide bonds. The molecule has 1 heterocycles. The highest BCUT2D eigenvalue weighted by Crippen LogP contribution is 2.00. The molecule has 1 aromatic carbocycles. The van der Waals surface area contributed by atoms with E-state index in [-0.39, 0.29) is 23.7 Å². The van der Waals surface area contributed by atoms with Gasteiger partial charge in [0.15, 0.2) is 0 Å². The fraction of sp³-hybridized carbons (Fsp3) is 0.333. The number of carbonyl (C=O) groups is 2. The normalized spacial score (nSPS) is 11.6. The van der Waals surface area contributed by atoms with Gasteiger partial charge in [-0.2, -0.15) is 5.10 Å². The average molecular weight is 342 g/mol. The van der Waals surface area contributed by atoms with Crippen molar-refractivity contribution in [3.05, 3.63) is 64.1 Å². The van der Waals surface area contributed by atoms with Gasteiger partial charge in [0.05, 0.1) is 6.54 Å². The van der Waals surface area contributed by atoms with Gasteiger partial charge in [0, 0.05) is 12.6 Å². The molecule has 7 nitrogen and oxygen atoms in total. The Kier molecular flexibility index (Phi) is 6.45. The molecule has 2 rings (SSSR count). The van der Waals surface area contributed by atoms with E-state index in [0.717, 1.165) is 12.0 Å². The van der Waals surface area contributed by atoms with E-state index in [9.17, 15) is 14.4 Å². The van der Waals surface area contributed by atoms with Crippen LogP contribution in [0.5, 0.6) is 0 Å². The second kappa shape index (κ2) is 8.77. The molecule has 25 heavy (non-hydrogen) atoms. The zero-order valence-electron chi connectivity index (χ0n) is 14.4. The van der Waals surface area contributed by atoms with Gasteiger partial charge in [-0.1, -0.05) is 37.3 Å². The third-order valence-corrected chi connectivity index (χ3v) is 3.56. The van der Waals surface area contributed by atoms with E-state index in [1.807, 2.05) is 37.3 Å². The van der Waals surface area contributed by atoms with Crippen LogP contribution in [0.15, 0.2) is 47.3 Å². The summed E-state index contributed by atoms with van der Waals surface area (Å²) in [6.45, 7) is 4.37. The number of aromatic nitrogens is 2. The maximum absolute atomic E-state index is 12.3. The summed E-state index contributed by atoms with van der Waals surface area (Å²) in [5.74, 6) is -0.756. The Hall–Kier alpha value is -2.96. The molecule has 0 radical (unpaired) electrons. The molecule has 0 saturated carbocycles. The van der Waals surface area contributed by atoms with Crippen molar-refractivity contribution in [1.29, 1.82) is 0 Å². The lowest BCUT2D eigenvalue weighted by Crippen LogP contribution is -2.45. The van der Waals surface area contributed by atoms with Gasteiger partial charge in [-0.15, -0.1) is 0 Å². The van der Waals surface area contributed by atoms with Crippen molar-refractivity contribution >= 4 is 11.8 Å². The predicted molar refractivity (Wildman–Crippen MR) is 94.3 cm³/mol. The van der Waals surface area contributed by atoms with Gasteiger partial charge in [0.25, 0.3) is 11.5 Å². The van der Waals surface area contributed by atoms with Crippen LogP contribution in [0.3, 0.4) is 0 Å². The number of carbonyl (C=O) groups excluding carboxylic acids is 2. The molecule has 1 unspecified atom stereocenters. The van der Waals surface area contributed by atoms with Crippen LogP contribution in [-0.4, -0.2) is 34.2 Å². The molecule has 2 aromatic rings. The number of nitrogens with zero attached hydrogens (tertiary/aromatic N) is 2. The lowest BCUT2D eigenvalue weighted by Gasteiger charge is -2.14. The minimum Gasteiger partial charge on any atom is -0.354 e. The van der Waals surface area contributed by atoms with Crippen molar-refractivity contribution in [2.75, 3.05) is 6.54 Å². The Morgan fingerprint density at radius 3 is 2.56 bits per heavy atom. The first-order chi connectivity index (χ1) is 12.0. The Morgan fingerprint density at radius 2 is 1.88 bits per heavy atom. The third kappa shape index (κ3) is 5.27. The molecule has 1 aromatic heterocycles. The molecule has 0 aliphatic carbocycles. The van der Waals surface area contributed by atoms with Crippen LogP contribution in [0, 0.1) is 0 Å². The fourth-order valence-electron chi connectivity index (χ4n) is 2.18. The van der Waals surface area contributed by atoms with Gasteiger partial charge in [-0.05, 0) is 25.0 Å². The van der Waals surface area contributed by atoms with E-state index in [0.29, 0.717) is 6.54 Å². The summed E-state index contributed by atoms with van der Waals surface area (Å²) in [5.41, 5.74) is 0.696. The van der Waals surface area contributed by atoms with Crippen molar-refractivity contribution in [3.8, 4) is 0 Å². The van der Waals surface area contributed by atoms with E-state index in [2.05, 4.69) is 15.7 Å². The Balaban J connectivity index is 2.09. The number of benzene rings is 1. The molecule has 0 spiro atoms. The highest BCUT2D eigenvalue weighted by atomic mass is 16.2. The molecule has 0 fully saturated rings. The van der Waals surface area contributed by atoms with Gasteiger partial charge >= 0.3 is 0 Å². The smallest absolute Gasteiger partial charge is 0.272 e. The lowest BCUT2D eigenvalue weighted by molar-refractivity contribution is -0.122. The molecule has 0 bridgehead atoms. The van der Waals surface area contributed by atoms with E-state index < -0.39 is 11.9 Å². The molecule has 2 N–H and O–H groups in total. The van der Waals surface area contributed by atoms with Gasteiger partial charge in [-0.3, -0.25) is 14.4 Å². The van der Waals surface area contributed by atoms with Gasteiger partial charge in [0.2, 0.25) is 5.91 Å². The van der Waals surface area contributed by atoms with Gasteiger partial charge in [-0.25, -0.2) is 4.68 Å². The molecule has 132 valence electrons. The summed E-state index contributed by atoms with van der Waals surface area (Å²) >= 11 is 0. The maximum Gasteiger partial charge on any atom is 0.272 e. The first-order valence-corrected chi connectivity index (χ1v) is 8.22. The van der Waals surface area contributed by atoms with Crippen LogP contribution in [-0.2, 0) is 11.3 Å². The summed E-state index contributed by atoms with van der Waals surface area (Å²) < 4.78 is 1.23. The fourth-order valence-corrected chi connectivity index (χ4v) is 2.18. The number of nitrogens with one attached hydrogen (secondary N) is 2. The molecule has 0 aliphatic rings. The first-order valence-electron chi connectivity index (χ1n) is 8.22. The quantitative estimate of drug-likeness (QED) is 0.783. The Labute approximate surface area is 146 Å². The summed E-state index contributed by atoms with van der Waals surface area (Å²) in [4.78, 5) is 36.1. The minimum atomic E-state index is -0.685. The second-order valence-electron chi connectivity index (χ2n) is 5.69. The molecule has 0 saturated heterocycles. The highest BCUT2D eigenvalue weighted by molar-refractivity contribution is 5.95. The topological polar surface area (TPSA) is 93.1 Å². The molecule has 7 heteroatoms.